The Morgan fingerprint density at radius 1 is 1.03 bits per heavy atom. The molecule has 1 N–H and O–H groups in total. The fraction of sp³-hybridized carbons (Fsp3) is 0.417. The van der Waals surface area contributed by atoms with Crippen molar-refractivity contribution >= 4 is 22.5 Å². The highest BCUT2D eigenvalue weighted by Gasteiger charge is 2.30. The third-order valence-electron chi connectivity index (χ3n) is 6.47. The molecule has 1 aliphatic heterocycles. The molecule has 2 fully saturated rings. The summed E-state index contributed by atoms with van der Waals surface area (Å²) in [6.07, 6.45) is 7.48. The number of carbonyl (C=O) groups is 1. The van der Waals surface area contributed by atoms with E-state index in [2.05, 4.69) is 31.5 Å². The Balaban J connectivity index is 1.24. The van der Waals surface area contributed by atoms with Crippen molar-refractivity contribution in [2.45, 2.75) is 31.7 Å². The average molecular weight is 418 g/mol. The molecule has 0 atom stereocenters. The molecule has 1 aromatic carbocycles. The monoisotopic (exact) mass is 417 g/mol. The van der Waals surface area contributed by atoms with Crippen molar-refractivity contribution < 1.29 is 9.53 Å². The van der Waals surface area contributed by atoms with Gasteiger partial charge in [-0.2, -0.15) is 10.2 Å². The predicted molar refractivity (Wildman–Crippen MR) is 120 cm³/mol. The van der Waals surface area contributed by atoms with Crippen LogP contribution in [0.3, 0.4) is 0 Å². The fourth-order valence-corrected chi connectivity index (χ4v) is 4.70. The van der Waals surface area contributed by atoms with E-state index in [1.165, 1.54) is 0 Å². The number of carbonyl (C=O) groups excluding carboxylic acids is 1. The summed E-state index contributed by atoms with van der Waals surface area (Å²) in [5.41, 5.74) is 1.81. The fourth-order valence-electron chi connectivity index (χ4n) is 4.70. The smallest absolute Gasteiger partial charge is 0.228 e. The molecule has 3 heterocycles. The third kappa shape index (κ3) is 4.57. The van der Waals surface area contributed by atoms with Crippen LogP contribution in [0.2, 0.25) is 0 Å². The Hall–Kier alpha value is -2.90. The molecule has 7 heteroatoms. The molecule has 1 saturated carbocycles. The number of morpholine rings is 1. The van der Waals surface area contributed by atoms with Crippen molar-refractivity contribution in [1.29, 1.82) is 0 Å². The van der Waals surface area contributed by atoms with E-state index in [9.17, 15) is 4.79 Å². The number of amides is 1. The van der Waals surface area contributed by atoms with Crippen molar-refractivity contribution in [3.63, 3.8) is 0 Å². The van der Waals surface area contributed by atoms with Crippen LogP contribution in [0.15, 0.2) is 48.8 Å². The van der Waals surface area contributed by atoms with Crippen LogP contribution in [-0.2, 0) is 9.53 Å². The van der Waals surface area contributed by atoms with Gasteiger partial charge in [0, 0.05) is 48.4 Å². The highest BCUT2D eigenvalue weighted by molar-refractivity contribution is 5.95. The van der Waals surface area contributed by atoms with E-state index in [1.54, 1.807) is 12.4 Å². The van der Waals surface area contributed by atoms with Crippen LogP contribution in [-0.4, -0.2) is 58.3 Å². The molecule has 5 rings (SSSR count). The molecule has 1 saturated heterocycles. The maximum absolute atomic E-state index is 12.9. The Kier molecular flexibility index (Phi) is 5.86. The van der Waals surface area contributed by atoms with Gasteiger partial charge in [-0.15, -0.1) is 0 Å². The number of nitrogens with one attached hydrogen (secondary N) is 1. The van der Waals surface area contributed by atoms with Gasteiger partial charge in [-0.1, -0.05) is 12.1 Å². The predicted octanol–water partition coefficient (Wildman–Crippen LogP) is 3.52. The minimum Gasteiger partial charge on any atom is -0.379 e. The summed E-state index contributed by atoms with van der Waals surface area (Å²) in [5, 5.41) is 13.2. The minimum absolute atomic E-state index is 0.0562. The van der Waals surface area contributed by atoms with Crippen LogP contribution >= 0.6 is 0 Å². The van der Waals surface area contributed by atoms with Crippen LogP contribution in [0.25, 0.3) is 22.0 Å². The Labute approximate surface area is 181 Å². The summed E-state index contributed by atoms with van der Waals surface area (Å²) in [5.74, 6) is 0.738. The van der Waals surface area contributed by atoms with Crippen LogP contribution in [0.5, 0.6) is 0 Å². The molecule has 0 bridgehead atoms. The third-order valence-corrected chi connectivity index (χ3v) is 6.47. The van der Waals surface area contributed by atoms with Gasteiger partial charge in [0.1, 0.15) is 5.82 Å². The maximum atomic E-state index is 12.9. The quantitative estimate of drug-likeness (QED) is 0.700. The highest BCUT2D eigenvalue weighted by atomic mass is 16.5. The van der Waals surface area contributed by atoms with Gasteiger partial charge in [-0.3, -0.25) is 9.69 Å². The van der Waals surface area contributed by atoms with Crippen LogP contribution in [0.1, 0.15) is 25.7 Å². The summed E-state index contributed by atoms with van der Waals surface area (Å²) in [6.45, 7) is 3.68. The second-order valence-corrected chi connectivity index (χ2v) is 8.38. The number of anilines is 1. The molecule has 7 nitrogen and oxygen atoms in total. The van der Waals surface area contributed by atoms with Crippen LogP contribution in [0.4, 0.5) is 5.82 Å². The van der Waals surface area contributed by atoms with Gasteiger partial charge in [-0.05, 0) is 55.3 Å². The zero-order chi connectivity index (χ0) is 21.0. The Morgan fingerprint density at radius 2 is 1.87 bits per heavy atom. The summed E-state index contributed by atoms with van der Waals surface area (Å²) in [6, 6.07) is 12.4. The molecule has 2 aliphatic rings. The molecule has 3 aromatic rings. The van der Waals surface area contributed by atoms with E-state index in [0.29, 0.717) is 11.9 Å². The van der Waals surface area contributed by atoms with Gasteiger partial charge in [-0.25, -0.2) is 4.98 Å². The number of aromatic nitrogens is 3. The number of pyridine rings is 1. The van der Waals surface area contributed by atoms with Crippen LogP contribution in [0, 0.1) is 5.92 Å². The summed E-state index contributed by atoms with van der Waals surface area (Å²) < 4.78 is 5.46. The number of fused-ring (bicyclic) bond motifs is 1. The molecule has 0 spiro atoms. The van der Waals surface area contributed by atoms with Gasteiger partial charge in [0.15, 0.2) is 0 Å². The number of benzene rings is 1. The Bertz CT molecular complexity index is 1040. The molecule has 160 valence electrons. The lowest BCUT2D eigenvalue weighted by Crippen LogP contribution is -2.45. The number of nitrogens with zero attached hydrogens (tertiary/aromatic N) is 4. The van der Waals surface area contributed by atoms with E-state index >= 15 is 0 Å². The van der Waals surface area contributed by atoms with Crippen molar-refractivity contribution in [1.82, 2.24) is 20.1 Å². The first-order chi connectivity index (χ1) is 15.3. The lowest BCUT2D eigenvalue weighted by molar-refractivity contribution is -0.121. The first-order valence-electron chi connectivity index (χ1n) is 11.1. The van der Waals surface area contributed by atoms with Crippen molar-refractivity contribution in [3.8, 4) is 11.3 Å². The van der Waals surface area contributed by atoms with Gasteiger partial charge < -0.3 is 10.1 Å². The van der Waals surface area contributed by atoms with Gasteiger partial charge in [0.2, 0.25) is 5.91 Å². The van der Waals surface area contributed by atoms with E-state index in [1.807, 2.05) is 30.3 Å². The molecule has 1 amide bonds. The largest absolute Gasteiger partial charge is 0.379 e. The van der Waals surface area contributed by atoms with E-state index < -0.39 is 0 Å². The first kappa shape index (κ1) is 20.0. The molecular weight excluding hydrogens is 390 g/mol. The number of hydrogen-bond donors (Lipinski definition) is 1. The van der Waals surface area contributed by atoms with E-state index in [-0.39, 0.29) is 11.8 Å². The maximum Gasteiger partial charge on any atom is 0.228 e. The van der Waals surface area contributed by atoms with Gasteiger partial charge in [0.05, 0.1) is 18.9 Å². The zero-order valence-corrected chi connectivity index (χ0v) is 17.5. The lowest BCUT2D eigenvalue weighted by Gasteiger charge is -2.38. The molecule has 1 aliphatic carbocycles. The minimum atomic E-state index is 0.0562. The number of ether oxygens (including phenoxy) is 1. The second kappa shape index (κ2) is 9.08. The summed E-state index contributed by atoms with van der Waals surface area (Å²) in [4.78, 5) is 19.8. The normalized spacial score (nSPS) is 22.3. The van der Waals surface area contributed by atoms with E-state index in [4.69, 9.17) is 4.74 Å². The molecular formula is C24H27N5O2. The zero-order valence-electron chi connectivity index (χ0n) is 17.5. The topological polar surface area (TPSA) is 80.2 Å². The average Bonchev–Trinajstić information content (AvgIpc) is 2.85. The lowest BCUT2D eigenvalue weighted by atomic mass is 9.84. The number of hydrogen-bond acceptors (Lipinski definition) is 6. The van der Waals surface area contributed by atoms with Crippen LogP contribution < -0.4 is 5.32 Å². The van der Waals surface area contributed by atoms with Gasteiger partial charge in [0.25, 0.3) is 0 Å². The van der Waals surface area contributed by atoms with Crippen molar-refractivity contribution in [2.75, 3.05) is 31.6 Å². The second-order valence-electron chi connectivity index (χ2n) is 8.38. The summed E-state index contributed by atoms with van der Waals surface area (Å²) >= 11 is 0. The first-order valence-corrected chi connectivity index (χ1v) is 11.1. The highest BCUT2D eigenvalue weighted by Crippen LogP contribution is 2.29. The molecule has 0 radical (unpaired) electrons. The molecule has 0 unspecified atom stereocenters. The summed E-state index contributed by atoms with van der Waals surface area (Å²) in [7, 11) is 0. The molecule has 2 aromatic heterocycles. The van der Waals surface area contributed by atoms with Crippen molar-refractivity contribution in [2.24, 2.45) is 5.92 Å². The Morgan fingerprint density at radius 3 is 2.65 bits per heavy atom. The SMILES string of the molecule is O=C(Nc1cc2cc(-c3cccnn3)ccc2cn1)[C@H]1CC[C@H](N2CCOCC2)CC1. The van der Waals surface area contributed by atoms with Crippen molar-refractivity contribution in [3.05, 3.63) is 48.8 Å². The molecule has 31 heavy (non-hydrogen) atoms. The van der Waals surface area contributed by atoms with Gasteiger partial charge >= 0.3 is 0 Å². The standard InChI is InChI=1S/C24H27N5O2/c30-24(17-5-7-21(8-6-17)29-10-12-31-13-11-29)27-23-15-20-14-18(3-4-19(20)16-25-23)22-2-1-9-26-28-22/h1-4,9,14-17,21H,5-8,10-13H2,(H,25,27,30)/t17-,21-. The van der Waals surface area contributed by atoms with E-state index in [0.717, 1.165) is 74.0 Å². The number of rotatable bonds is 4.